The summed E-state index contributed by atoms with van der Waals surface area (Å²) in [5, 5.41) is 0. The van der Waals surface area contributed by atoms with Crippen LogP contribution in [0.1, 0.15) is 38.3 Å². The average molecular weight is 444 g/mol. The number of aromatic nitrogens is 1. The van der Waals surface area contributed by atoms with Gasteiger partial charge in [-0.3, -0.25) is 9.69 Å². The van der Waals surface area contributed by atoms with Crippen LogP contribution in [0.5, 0.6) is 0 Å². The number of nitrogens with two attached hydrogens (primary N) is 1. The molecule has 0 radical (unpaired) electrons. The van der Waals surface area contributed by atoms with Crippen LogP contribution >= 0.6 is 0 Å². The summed E-state index contributed by atoms with van der Waals surface area (Å²) in [7, 11) is 1.33. The molecule has 2 aromatic rings. The van der Waals surface area contributed by atoms with E-state index in [1.807, 2.05) is 51.1 Å². The van der Waals surface area contributed by atoms with Gasteiger partial charge < -0.3 is 19.9 Å². The molecule has 8 nitrogen and oxygen atoms in total. The van der Waals surface area contributed by atoms with Gasteiger partial charge >= 0.3 is 12.1 Å². The second-order valence-electron chi connectivity index (χ2n) is 8.38. The average Bonchev–Trinajstić information content (AvgIpc) is 2.76. The quantitative estimate of drug-likeness (QED) is 0.443. The Bertz CT molecular complexity index is 850. The Morgan fingerprint density at radius 1 is 1.09 bits per heavy atom. The van der Waals surface area contributed by atoms with Crippen molar-refractivity contribution in [2.24, 2.45) is 5.73 Å². The van der Waals surface area contributed by atoms with Gasteiger partial charge in [0.15, 0.2) is 0 Å². The van der Waals surface area contributed by atoms with Gasteiger partial charge in [0, 0.05) is 19.3 Å². The van der Waals surface area contributed by atoms with E-state index < -0.39 is 23.7 Å². The lowest BCUT2D eigenvalue weighted by Gasteiger charge is -2.26. The van der Waals surface area contributed by atoms with Gasteiger partial charge in [0.1, 0.15) is 17.5 Å². The molecular weight excluding hydrogens is 410 g/mol. The van der Waals surface area contributed by atoms with Crippen molar-refractivity contribution in [1.29, 1.82) is 0 Å². The van der Waals surface area contributed by atoms with E-state index in [0.29, 0.717) is 38.4 Å². The summed E-state index contributed by atoms with van der Waals surface area (Å²) < 4.78 is 15.9. The van der Waals surface area contributed by atoms with E-state index in [0.717, 1.165) is 11.1 Å². The maximum atomic E-state index is 12.6. The van der Waals surface area contributed by atoms with E-state index in [-0.39, 0.29) is 0 Å². The minimum absolute atomic E-state index is 0.418. The number of anilines is 1. The SMILES string of the molecule is COC(=O)[C@@H](N)Cc1ccc(COCCCN(C(=O)OC(C)(C)C)c2ccccn2)cc1. The van der Waals surface area contributed by atoms with Crippen LogP contribution in [0.15, 0.2) is 48.7 Å². The maximum Gasteiger partial charge on any atom is 0.416 e. The molecule has 1 aromatic carbocycles. The van der Waals surface area contributed by atoms with E-state index in [2.05, 4.69) is 9.72 Å². The third kappa shape index (κ3) is 8.64. The molecule has 32 heavy (non-hydrogen) atoms. The number of amides is 1. The van der Waals surface area contributed by atoms with Gasteiger partial charge in [0.2, 0.25) is 0 Å². The molecule has 1 heterocycles. The highest BCUT2D eigenvalue weighted by Gasteiger charge is 2.23. The predicted molar refractivity (Wildman–Crippen MR) is 122 cm³/mol. The Balaban J connectivity index is 1.81. The van der Waals surface area contributed by atoms with E-state index >= 15 is 0 Å². The Kier molecular flexibility index (Phi) is 9.61. The van der Waals surface area contributed by atoms with E-state index in [9.17, 15) is 9.59 Å². The van der Waals surface area contributed by atoms with E-state index in [1.165, 1.54) is 12.0 Å². The van der Waals surface area contributed by atoms with E-state index in [1.54, 1.807) is 18.3 Å². The molecule has 174 valence electrons. The van der Waals surface area contributed by atoms with Crippen LogP contribution in [0, 0.1) is 0 Å². The lowest BCUT2D eigenvalue weighted by molar-refractivity contribution is -0.142. The molecule has 0 spiro atoms. The van der Waals surface area contributed by atoms with Crippen molar-refractivity contribution in [3.8, 4) is 0 Å². The zero-order chi connectivity index (χ0) is 23.6. The summed E-state index contributed by atoms with van der Waals surface area (Å²) >= 11 is 0. The van der Waals surface area contributed by atoms with Crippen LogP contribution in [-0.4, -0.2) is 49.0 Å². The molecule has 1 atom stereocenters. The Morgan fingerprint density at radius 2 is 1.78 bits per heavy atom. The molecule has 0 aliphatic rings. The highest BCUT2D eigenvalue weighted by atomic mass is 16.6. The number of esters is 1. The number of pyridine rings is 1. The first kappa shape index (κ1) is 25.3. The summed E-state index contributed by atoms with van der Waals surface area (Å²) in [6, 6.07) is 12.5. The molecule has 1 aromatic heterocycles. The molecule has 0 aliphatic carbocycles. The van der Waals surface area contributed by atoms with Crippen molar-refractivity contribution in [3.05, 3.63) is 59.8 Å². The van der Waals surface area contributed by atoms with Crippen molar-refractivity contribution in [1.82, 2.24) is 4.98 Å². The molecule has 0 unspecified atom stereocenters. The van der Waals surface area contributed by atoms with Crippen LogP contribution in [-0.2, 0) is 32.0 Å². The second-order valence-corrected chi connectivity index (χ2v) is 8.38. The number of hydrogen-bond acceptors (Lipinski definition) is 7. The Hall–Kier alpha value is -2.97. The highest BCUT2D eigenvalue weighted by Crippen LogP contribution is 2.16. The zero-order valence-corrected chi connectivity index (χ0v) is 19.2. The number of benzene rings is 1. The van der Waals surface area contributed by atoms with Crippen molar-refractivity contribution in [3.63, 3.8) is 0 Å². The van der Waals surface area contributed by atoms with Gasteiger partial charge in [-0.1, -0.05) is 30.3 Å². The first-order valence-corrected chi connectivity index (χ1v) is 10.6. The van der Waals surface area contributed by atoms with Gasteiger partial charge in [-0.05, 0) is 56.9 Å². The molecule has 8 heteroatoms. The molecule has 2 N–H and O–H groups in total. The van der Waals surface area contributed by atoms with Crippen LogP contribution in [0.3, 0.4) is 0 Å². The van der Waals surface area contributed by atoms with Crippen molar-refractivity contribution in [2.45, 2.75) is 51.9 Å². The Morgan fingerprint density at radius 3 is 2.38 bits per heavy atom. The van der Waals surface area contributed by atoms with Crippen molar-refractivity contribution in [2.75, 3.05) is 25.2 Å². The topological polar surface area (TPSA) is 104 Å². The summed E-state index contributed by atoms with van der Waals surface area (Å²) in [6.07, 6.45) is 2.26. The molecule has 0 saturated heterocycles. The predicted octanol–water partition coefficient (Wildman–Crippen LogP) is 3.47. The number of rotatable bonds is 10. The molecular formula is C24H33N3O5. The number of methoxy groups -OCH3 is 1. The molecule has 0 fully saturated rings. The van der Waals surface area contributed by atoms with E-state index in [4.69, 9.17) is 15.2 Å². The number of hydrogen-bond donors (Lipinski definition) is 1. The van der Waals surface area contributed by atoms with Gasteiger partial charge in [-0.15, -0.1) is 0 Å². The van der Waals surface area contributed by atoms with Crippen LogP contribution < -0.4 is 10.6 Å². The number of carbonyl (C=O) groups is 2. The second kappa shape index (κ2) is 12.2. The molecule has 0 saturated carbocycles. The van der Waals surface area contributed by atoms with Crippen LogP contribution in [0.2, 0.25) is 0 Å². The smallest absolute Gasteiger partial charge is 0.416 e. The fourth-order valence-electron chi connectivity index (χ4n) is 2.90. The zero-order valence-electron chi connectivity index (χ0n) is 19.2. The minimum atomic E-state index is -0.672. The monoisotopic (exact) mass is 443 g/mol. The minimum Gasteiger partial charge on any atom is -0.468 e. The lowest BCUT2D eigenvalue weighted by Crippen LogP contribution is -2.38. The first-order valence-electron chi connectivity index (χ1n) is 10.6. The normalized spacial score (nSPS) is 12.2. The lowest BCUT2D eigenvalue weighted by atomic mass is 10.1. The molecule has 0 aliphatic heterocycles. The van der Waals surface area contributed by atoms with Gasteiger partial charge in [0.05, 0.1) is 13.7 Å². The summed E-state index contributed by atoms with van der Waals surface area (Å²) in [4.78, 5) is 29.8. The number of nitrogens with zero attached hydrogens (tertiary/aromatic N) is 2. The van der Waals surface area contributed by atoms with Crippen molar-refractivity contribution < 1.29 is 23.8 Å². The van der Waals surface area contributed by atoms with Crippen LogP contribution in [0.25, 0.3) is 0 Å². The highest BCUT2D eigenvalue weighted by molar-refractivity contribution is 5.86. The van der Waals surface area contributed by atoms with Gasteiger partial charge in [-0.25, -0.2) is 9.78 Å². The summed E-state index contributed by atoms with van der Waals surface area (Å²) in [6.45, 7) is 6.84. The number of ether oxygens (including phenoxy) is 3. The third-order valence-electron chi connectivity index (χ3n) is 4.46. The maximum absolute atomic E-state index is 12.6. The molecule has 0 bridgehead atoms. The fraction of sp³-hybridized carbons (Fsp3) is 0.458. The summed E-state index contributed by atoms with van der Waals surface area (Å²) in [5.74, 6) is 0.117. The third-order valence-corrected chi connectivity index (χ3v) is 4.46. The van der Waals surface area contributed by atoms with Gasteiger partial charge in [0.25, 0.3) is 0 Å². The summed E-state index contributed by atoms with van der Waals surface area (Å²) in [5.41, 5.74) is 7.16. The first-order chi connectivity index (χ1) is 15.2. The van der Waals surface area contributed by atoms with Gasteiger partial charge in [-0.2, -0.15) is 0 Å². The molecule has 1 amide bonds. The standard InChI is InChI=1S/C24H33N3O5/c1-24(2,3)32-23(29)27(21-8-5-6-13-26-21)14-7-15-31-17-19-11-9-18(10-12-19)16-20(25)22(28)30-4/h5-6,8-13,20H,7,14-17,25H2,1-4H3/t20-/m0/s1. The Labute approximate surface area is 189 Å². The van der Waals surface area contributed by atoms with Crippen molar-refractivity contribution >= 4 is 17.9 Å². The largest absolute Gasteiger partial charge is 0.468 e. The van der Waals surface area contributed by atoms with Crippen LogP contribution in [0.4, 0.5) is 10.6 Å². The molecule has 2 rings (SSSR count). The number of carbonyl (C=O) groups excluding carboxylic acids is 2. The fourth-order valence-corrected chi connectivity index (χ4v) is 2.90.